The predicted molar refractivity (Wildman–Crippen MR) is 104 cm³/mol. The molecule has 0 saturated heterocycles. The molecule has 0 bridgehead atoms. The molecule has 7 nitrogen and oxygen atoms in total. The minimum atomic E-state index is -3.88. The van der Waals surface area contributed by atoms with Crippen LogP contribution in [0.25, 0.3) is 12.2 Å². The van der Waals surface area contributed by atoms with Crippen molar-refractivity contribution in [1.29, 1.82) is 0 Å². The summed E-state index contributed by atoms with van der Waals surface area (Å²) in [6.45, 7) is 0. The van der Waals surface area contributed by atoms with Crippen molar-refractivity contribution in [1.82, 2.24) is 4.98 Å². The summed E-state index contributed by atoms with van der Waals surface area (Å²) in [6.07, 6.45) is 6.98. The second-order valence-corrected chi connectivity index (χ2v) is 7.24. The lowest BCUT2D eigenvalue weighted by Gasteiger charge is -2.10. The number of rotatable bonds is 6. The Hall–Kier alpha value is -3.52. The minimum Gasteiger partial charge on any atom is -0.279 e. The van der Waals surface area contributed by atoms with Crippen molar-refractivity contribution in [2.75, 3.05) is 4.72 Å². The predicted octanol–water partition coefficient (Wildman–Crippen LogP) is 3.96. The summed E-state index contributed by atoms with van der Waals surface area (Å²) in [5.41, 5.74) is 1.84. The SMILES string of the molecule is O=[N+]([O-])c1ccc(S(=O)(=O)Nc2ccccc2C=Cc2ccncc2)cc1. The Morgan fingerprint density at radius 2 is 1.59 bits per heavy atom. The fourth-order valence-corrected chi connectivity index (χ4v) is 3.43. The van der Waals surface area contributed by atoms with Crippen LogP contribution in [0.4, 0.5) is 11.4 Å². The van der Waals surface area contributed by atoms with Crippen molar-refractivity contribution in [3.8, 4) is 0 Å². The van der Waals surface area contributed by atoms with E-state index in [0.29, 0.717) is 11.3 Å². The number of aromatic nitrogens is 1. The summed E-state index contributed by atoms with van der Waals surface area (Å²) in [5, 5.41) is 10.7. The van der Waals surface area contributed by atoms with Crippen LogP contribution in [0.1, 0.15) is 11.1 Å². The number of hydrogen-bond donors (Lipinski definition) is 1. The van der Waals surface area contributed by atoms with Crippen LogP contribution < -0.4 is 4.72 Å². The van der Waals surface area contributed by atoms with E-state index in [4.69, 9.17) is 0 Å². The summed E-state index contributed by atoms with van der Waals surface area (Å²) < 4.78 is 27.7. The molecule has 0 aliphatic heterocycles. The Bertz CT molecular complexity index is 1080. The first-order valence-corrected chi connectivity index (χ1v) is 9.38. The van der Waals surface area contributed by atoms with Gasteiger partial charge in [-0.15, -0.1) is 0 Å². The second kappa shape index (κ2) is 7.79. The molecule has 0 aliphatic rings. The van der Waals surface area contributed by atoms with Crippen LogP contribution in [-0.4, -0.2) is 18.3 Å². The highest BCUT2D eigenvalue weighted by Crippen LogP contribution is 2.23. The number of nitrogens with one attached hydrogen (secondary N) is 1. The molecule has 0 unspecified atom stereocenters. The van der Waals surface area contributed by atoms with Crippen LogP contribution in [0.15, 0.2) is 78.0 Å². The Morgan fingerprint density at radius 3 is 2.26 bits per heavy atom. The fourth-order valence-electron chi connectivity index (χ4n) is 2.35. The van der Waals surface area contributed by atoms with Gasteiger partial charge in [0, 0.05) is 24.5 Å². The highest BCUT2D eigenvalue weighted by Gasteiger charge is 2.17. The quantitative estimate of drug-likeness (QED) is 0.514. The van der Waals surface area contributed by atoms with E-state index < -0.39 is 14.9 Å². The average molecular weight is 381 g/mol. The van der Waals surface area contributed by atoms with Gasteiger partial charge < -0.3 is 0 Å². The molecule has 0 saturated carbocycles. The molecule has 2 aromatic carbocycles. The Balaban J connectivity index is 1.86. The third kappa shape index (κ3) is 4.56. The van der Waals surface area contributed by atoms with Gasteiger partial charge in [-0.25, -0.2) is 8.42 Å². The maximum absolute atomic E-state index is 12.6. The van der Waals surface area contributed by atoms with E-state index in [1.807, 2.05) is 18.2 Å². The molecule has 136 valence electrons. The monoisotopic (exact) mass is 381 g/mol. The van der Waals surface area contributed by atoms with Gasteiger partial charge in [-0.1, -0.05) is 30.4 Å². The van der Waals surface area contributed by atoms with Crippen LogP contribution in [0.5, 0.6) is 0 Å². The molecule has 0 radical (unpaired) electrons. The van der Waals surface area contributed by atoms with Gasteiger partial charge in [0.05, 0.1) is 15.5 Å². The molecule has 0 fully saturated rings. The van der Waals surface area contributed by atoms with Gasteiger partial charge in [-0.3, -0.25) is 19.8 Å². The summed E-state index contributed by atoms with van der Waals surface area (Å²) >= 11 is 0. The van der Waals surface area contributed by atoms with Gasteiger partial charge >= 0.3 is 0 Å². The van der Waals surface area contributed by atoms with Crippen molar-refractivity contribution in [2.45, 2.75) is 4.90 Å². The third-order valence-corrected chi connectivity index (χ3v) is 5.11. The van der Waals surface area contributed by atoms with Gasteiger partial charge in [0.1, 0.15) is 0 Å². The lowest BCUT2D eigenvalue weighted by molar-refractivity contribution is -0.384. The smallest absolute Gasteiger partial charge is 0.269 e. The van der Waals surface area contributed by atoms with Crippen molar-refractivity contribution in [3.05, 3.63) is 94.3 Å². The van der Waals surface area contributed by atoms with Crippen LogP contribution >= 0.6 is 0 Å². The molecule has 1 aromatic heterocycles. The maximum atomic E-state index is 12.6. The standard InChI is InChI=1S/C19H15N3O4S/c23-22(24)17-7-9-18(10-8-17)27(25,26)21-19-4-2-1-3-16(19)6-5-15-11-13-20-14-12-15/h1-14,21H. The van der Waals surface area contributed by atoms with Crippen molar-refractivity contribution < 1.29 is 13.3 Å². The number of benzene rings is 2. The van der Waals surface area contributed by atoms with E-state index in [9.17, 15) is 18.5 Å². The van der Waals surface area contributed by atoms with E-state index in [0.717, 1.165) is 17.7 Å². The van der Waals surface area contributed by atoms with E-state index in [2.05, 4.69) is 9.71 Å². The topological polar surface area (TPSA) is 102 Å². The third-order valence-electron chi connectivity index (χ3n) is 3.72. The molecule has 1 heterocycles. The molecule has 0 atom stereocenters. The number of para-hydroxylation sites is 1. The molecule has 0 amide bonds. The molecule has 3 aromatic rings. The maximum Gasteiger partial charge on any atom is 0.269 e. The van der Waals surface area contributed by atoms with E-state index in [1.54, 1.807) is 42.7 Å². The number of non-ortho nitro benzene ring substituents is 1. The lowest BCUT2D eigenvalue weighted by atomic mass is 10.1. The molecule has 0 aliphatic carbocycles. The Kier molecular flexibility index (Phi) is 5.28. The van der Waals surface area contributed by atoms with Gasteiger partial charge in [0.2, 0.25) is 0 Å². The van der Waals surface area contributed by atoms with Gasteiger partial charge in [0.25, 0.3) is 15.7 Å². The van der Waals surface area contributed by atoms with Crippen molar-refractivity contribution in [3.63, 3.8) is 0 Å². The van der Waals surface area contributed by atoms with Gasteiger partial charge in [-0.05, 0) is 41.5 Å². The van der Waals surface area contributed by atoms with Crippen LogP contribution in [0.2, 0.25) is 0 Å². The van der Waals surface area contributed by atoms with Crippen molar-refractivity contribution >= 4 is 33.6 Å². The first kappa shape index (κ1) is 18.3. The number of sulfonamides is 1. The number of nitro benzene ring substituents is 1. The Labute approximate surface area is 156 Å². The normalized spacial score (nSPS) is 11.4. The first-order valence-electron chi connectivity index (χ1n) is 7.90. The molecule has 1 N–H and O–H groups in total. The lowest BCUT2D eigenvalue weighted by Crippen LogP contribution is -2.13. The largest absolute Gasteiger partial charge is 0.279 e. The summed E-state index contributed by atoms with van der Waals surface area (Å²) in [4.78, 5) is 14.0. The molecule has 27 heavy (non-hydrogen) atoms. The first-order chi connectivity index (χ1) is 13.0. The number of pyridine rings is 1. The molecular weight excluding hydrogens is 366 g/mol. The number of nitrogens with zero attached hydrogens (tertiary/aromatic N) is 2. The van der Waals surface area contributed by atoms with E-state index in [-0.39, 0.29) is 10.6 Å². The van der Waals surface area contributed by atoms with Crippen molar-refractivity contribution in [2.24, 2.45) is 0 Å². The summed E-state index contributed by atoms with van der Waals surface area (Å²) in [7, 11) is -3.88. The highest BCUT2D eigenvalue weighted by atomic mass is 32.2. The number of nitro groups is 1. The Morgan fingerprint density at radius 1 is 0.926 bits per heavy atom. The number of hydrogen-bond acceptors (Lipinski definition) is 5. The second-order valence-electron chi connectivity index (χ2n) is 5.56. The average Bonchev–Trinajstić information content (AvgIpc) is 2.68. The van der Waals surface area contributed by atoms with Crippen LogP contribution in [-0.2, 0) is 10.0 Å². The zero-order chi connectivity index (χ0) is 19.3. The molecule has 8 heteroatoms. The minimum absolute atomic E-state index is 0.0546. The van der Waals surface area contributed by atoms with Crippen LogP contribution in [0.3, 0.4) is 0 Å². The van der Waals surface area contributed by atoms with Gasteiger partial charge in [-0.2, -0.15) is 0 Å². The molecule has 0 spiro atoms. The summed E-state index contributed by atoms with van der Waals surface area (Å²) in [5.74, 6) is 0. The zero-order valence-corrected chi connectivity index (χ0v) is 14.8. The fraction of sp³-hybridized carbons (Fsp3) is 0. The molecular formula is C19H15N3O4S. The number of anilines is 1. The molecule has 3 rings (SSSR count). The van der Waals surface area contributed by atoms with E-state index >= 15 is 0 Å². The summed E-state index contributed by atoms with van der Waals surface area (Å²) in [6, 6.07) is 15.3. The zero-order valence-electron chi connectivity index (χ0n) is 14.0. The van der Waals surface area contributed by atoms with Crippen LogP contribution in [0, 0.1) is 10.1 Å². The van der Waals surface area contributed by atoms with Gasteiger partial charge in [0.15, 0.2) is 0 Å². The highest BCUT2D eigenvalue weighted by molar-refractivity contribution is 7.92. The van der Waals surface area contributed by atoms with E-state index in [1.165, 1.54) is 12.1 Å².